The van der Waals surface area contributed by atoms with E-state index in [4.69, 9.17) is 4.74 Å². The molecule has 0 spiro atoms. The quantitative estimate of drug-likeness (QED) is 0.591. The largest absolute Gasteiger partial charge is 0.487 e. The van der Waals surface area contributed by atoms with Crippen LogP contribution in [0.3, 0.4) is 0 Å². The molecule has 0 fully saturated rings. The Kier molecular flexibility index (Phi) is 7.51. The van der Waals surface area contributed by atoms with Gasteiger partial charge in [0.15, 0.2) is 5.78 Å². The summed E-state index contributed by atoms with van der Waals surface area (Å²) in [5.41, 5.74) is 3.22. The number of hydrogen-bond donors (Lipinski definition) is 2. The van der Waals surface area contributed by atoms with Gasteiger partial charge < -0.3 is 15.4 Å². The lowest BCUT2D eigenvalue weighted by Crippen LogP contribution is -2.48. The van der Waals surface area contributed by atoms with E-state index in [9.17, 15) is 18.8 Å². The highest BCUT2D eigenvalue weighted by molar-refractivity contribution is 5.95. The molecule has 3 rings (SSSR count). The van der Waals surface area contributed by atoms with Gasteiger partial charge in [-0.1, -0.05) is 19.9 Å². The van der Waals surface area contributed by atoms with Crippen LogP contribution in [0.4, 0.5) is 4.39 Å². The fourth-order valence-electron chi connectivity index (χ4n) is 4.14. The van der Waals surface area contributed by atoms with Crippen molar-refractivity contribution in [1.82, 2.24) is 10.6 Å². The highest BCUT2D eigenvalue weighted by Gasteiger charge is 2.29. The van der Waals surface area contributed by atoms with Gasteiger partial charge in [-0.05, 0) is 61.6 Å². The second kappa shape index (κ2) is 10.1. The van der Waals surface area contributed by atoms with E-state index in [1.807, 2.05) is 32.9 Å². The molecule has 1 aliphatic heterocycles. The molecule has 2 atom stereocenters. The number of rotatable bonds is 8. The molecule has 1 aliphatic rings. The number of carbonyl (C=O) groups is 3. The van der Waals surface area contributed by atoms with Gasteiger partial charge >= 0.3 is 0 Å². The lowest BCUT2D eigenvalue weighted by atomic mass is 9.95. The minimum atomic E-state index is -0.604. The monoisotopic (exact) mass is 454 g/mol. The first kappa shape index (κ1) is 24.4. The molecule has 33 heavy (non-hydrogen) atoms. The van der Waals surface area contributed by atoms with Crippen LogP contribution >= 0.6 is 0 Å². The highest BCUT2D eigenvalue weighted by Crippen LogP contribution is 2.41. The number of benzene rings is 2. The van der Waals surface area contributed by atoms with Crippen molar-refractivity contribution in [2.75, 3.05) is 6.54 Å². The highest BCUT2D eigenvalue weighted by atomic mass is 19.1. The van der Waals surface area contributed by atoms with Gasteiger partial charge in [-0.2, -0.15) is 0 Å². The van der Waals surface area contributed by atoms with E-state index in [2.05, 4.69) is 10.6 Å². The average Bonchev–Trinajstić information content (AvgIpc) is 3.13. The Bertz CT molecular complexity index is 1080. The van der Waals surface area contributed by atoms with Gasteiger partial charge in [0.05, 0.1) is 6.54 Å². The molecule has 0 saturated carbocycles. The molecule has 6 nitrogen and oxygen atoms in total. The lowest BCUT2D eigenvalue weighted by Gasteiger charge is -2.20. The van der Waals surface area contributed by atoms with E-state index in [1.165, 1.54) is 26.0 Å². The number of aryl methyl sites for hydroxylation is 1. The zero-order valence-electron chi connectivity index (χ0n) is 19.8. The molecule has 0 aliphatic carbocycles. The first-order valence-electron chi connectivity index (χ1n) is 11.2. The molecule has 7 heteroatoms. The zero-order chi connectivity index (χ0) is 24.3. The van der Waals surface area contributed by atoms with Gasteiger partial charge in [0.2, 0.25) is 11.8 Å². The van der Waals surface area contributed by atoms with E-state index in [1.54, 1.807) is 6.07 Å². The molecule has 0 bridgehead atoms. The fourth-order valence-corrected chi connectivity index (χ4v) is 4.14. The molecule has 1 unspecified atom stereocenters. The van der Waals surface area contributed by atoms with Crippen LogP contribution in [0.5, 0.6) is 5.75 Å². The molecule has 0 aromatic heterocycles. The fraction of sp³-hybridized carbons (Fsp3) is 0.423. The molecular weight excluding hydrogens is 423 g/mol. The first-order chi connectivity index (χ1) is 15.5. The summed E-state index contributed by atoms with van der Waals surface area (Å²) in [5, 5.41) is 5.58. The van der Waals surface area contributed by atoms with Gasteiger partial charge in [-0.3, -0.25) is 14.4 Å². The Balaban J connectivity index is 1.78. The van der Waals surface area contributed by atoms with E-state index in [0.29, 0.717) is 35.3 Å². The van der Waals surface area contributed by atoms with Crippen LogP contribution in [0.1, 0.15) is 55.6 Å². The third kappa shape index (κ3) is 5.97. The summed E-state index contributed by atoms with van der Waals surface area (Å²) >= 11 is 0. The van der Waals surface area contributed by atoms with Crippen LogP contribution in [0.2, 0.25) is 0 Å². The van der Waals surface area contributed by atoms with Crippen LogP contribution in [-0.2, 0) is 16.0 Å². The van der Waals surface area contributed by atoms with E-state index in [0.717, 1.165) is 11.1 Å². The van der Waals surface area contributed by atoms with Crippen molar-refractivity contribution < 1.29 is 23.5 Å². The normalized spacial score (nSPS) is 15.5. The lowest BCUT2D eigenvalue weighted by molar-refractivity contribution is -0.128. The number of fused-ring (bicyclic) bond motifs is 1. The van der Waals surface area contributed by atoms with Gasteiger partial charge in [0, 0.05) is 30.0 Å². The number of hydrogen-bond acceptors (Lipinski definition) is 4. The average molecular weight is 455 g/mol. The van der Waals surface area contributed by atoms with Crippen LogP contribution in [0, 0.1) is 18.7 Å². The molecule has 0 radical (unpaired) electrons. The third-order valence-electron chi connectivity index (χ3n) is 5.61. The van der Waals surface area contributed by atoms with Gasteiger partial charge in [0.25, 0.3) is 0 Å². The first-order valence-corrected chi connectivity index (χ1v) is 11.2. The number of ketones is 1. The minimum Gasteiger partial charge on any atom is -0.487 e. The van der Waals surface area contributed by atoms with Crippen molar-refractivity contribution in [3.05, 3.63) is 52.8 Å². The third-order valence-corrected chi connectivity index (χ3v) is 5.61. The summed E-state index contributed by atoms with van der Waals surface area (Å²) in [6, 6.07) is 7.55. The van der Waals surface area contributed by atoms with Crippen molar-refractivity contribution in [3.8, 4) is 16.9 Å². The Morgan fingerprint density at radius 1 is 1.12 bits per heavy atom. The zero-order valence-corrected chi connectivity index (χ0v) is 19.8. The number of amides is 2. The second-order valence-electron chi connectivity index (χ2n) is 9.12. The SMILES string of the molecule is CC(=O)N[C@@H](CC(C)C)C(=O)NCC1Cc2cc(C)cc(-c3cc(C(C)=O)ccc3F)c2O1. The summed E-state index contributed by atoms with van der Waals surface area (Å²) in [6.45, 7) is 9.00. The molecule has 2 amide bonds. The van der Waals surface area contributed by atoms with Gasteiger partial charge in [-0.15, -0.1) is 0 Å². The van der Waals surface area contributed by atoms with Crippen LogP contribution < -0.4 is 15.4 Å². The van der Waals surface area contributed by atoms with Gasteiger partial charge in [0.1, 0.15) is 23.7 Å². The summed E-state index contributed by atoms with van der Waals surface area (Å²) in [7, 11) is 0. The van der Waals surface area contributed by atoms with Crippen molar-refractivity contribution in [2.24, 2.45) is 5.92 Å². The smallest absolute Gasteiger partial charge is 0.242 e. The summed E-state index contributed by atoms with van der Waals surface area (Å²) in [6.07, 6.45) is 0.778. The van der Waals surface area contributed by atoms with E-state index >= 15 is 0 Å². The van der Waals surface area contributed by atoms with Crippen molar-refractivity contribution in [3.63, 3.8) is 0 Å². The minimum absolute atomic E-state index is 0.142. The molecule has 2 N–H and O–H groups in total. The number of halogens is 1. The second-order valence-corrected chi connectivity index (χ2v) is 9.12. The molecular formula is C26H31FN2O4. The summed E-state index contributed by atoms with van der Waals surface area (Å²) in [5.74, 6) is -0.270. The maximum atomic E-state index is 14.7. The van der Waals surface area contributed by atoms with Gasteiger partial charge in [-0.25, -0.2) is 4.39 Å². The van der Waals surface area contributed by atoms with Crippen molar-refractivity contribution >= 4 is 17.6 Å². The molecule has 176 valence electrons. The van der Waals surface area contributed by atoms with E-state index < -0.39 is 11.9 Å². The molecule has 0 saturated heterocycles. The van der Waals surface area contributed by atoms with Crippen molar-refractivity contribution in [1.29, 1.82) is 0 Å². The van der Waals surface area contributed by atoms with Crippen molar-refractivity contribution in [2.45, 2.75) is 59.6 Å². The number of carbonyl (C=O) groups excluding carboxylic acids is 3. The van der Waals surface area contributed by atoms with Crippen LogP contribution in [0.25, 0.3) is 11.1 Å². The Morgan fingerprint density at radius 2 is 1.85 bits per heavy atom. The predicted octanol–water partition coefficient (Wildman–Crippen LogP) is 3.97. The Labute approximate surface area is 193 Å². The Hall–Kier alpha value is -3.22. The number of Topliss-reactive ketones (excluding diaryl/α,β-unsaturated/α-hetero) is 1. The summed E-state index contributed by atoms with van der Waals surface area (Å²) < 4.78 is 20.9. The maximum absolute atomic E-state index is 14.7. The maximum Gasteiger partial charge on any atom is 0.242 e. The number of nitrogens with one attached hydrogen (secondary N) is 2. The Morgan fingerprint density at radius 3 is 2.48 bits per heavy atom. The summed E-state index contributed by atoms with van der Waals surface area (Å²) in [4.78, 5) is 36.0. The number of ether oxygens (including phenoxy) is 1. The van der Waals surface area contributed by atoms with Crippen LogP contribution in [-0.4, -0.2) is 36.3 Å². The van der Waals surface area contributed by atoms with Crippen LogP contribution in [0.15, 0.2) is 30.3 Å². The topological polar surface area (TPSA) is 84.5 Å². The standard InChI is InChI=1S/C26H31FN2O4/c1-14(2)8-24(29-17(5)31)26(32)28-13-20-11-19-9-15(3)10-22(25(19)33-20)21-12-18(16(4)30)6-7-23(21)27/h6-7,9-10,12,14,20,24H,8,11,13H2,1-5H3,(H,28,32)(H,29,31)/t20?,24-/m0/s1. The molecule has 1 heterocycles. The molecule has 2 aromatic carbocycles. The predicted molar refractivity (Wildman–Crippen MR) is 125 cm³/mol. The molecule has 2 aromatic rings. The van der Waals surface area contributed by atoms with E-state index in [-0.39, 0.29) is 36.2 Å².